The molecule has 5 nitrogen and oxygen atoms in total. The van der Waals surface area contributed by atoms with Crippen LogP contribution < -0.4 is 10.2 Å². The minimum atomic E-state index is -0.465. The molecule has 0 heterocycles. The lowest BCUT2D eigenvalue weighted by Gasteiger charge is -2.06. The van der Waals surface area contributed by atoms with E-state index in [0.717, 1.165) is 28.5 Å². The molecule has 0 fully saturated rings. The lowest BCUT2D eigenvalue weighted by atomic mass is 10.1. The summed E-state index contributed by atoms with van der Waals surface area (Å²) in [5, 5.41) is 15.8. The molecule has 0 radical (unpaired) electrons. The van der Waals surface area contributed by atoms with Gasteiger partial charge in [-0.25, -0.2) is 5.43 Å². The maximum absolute atomic E-state index is 12.3. The number of nitrogens with one attached hydrogen (secondary N) is 1. The normalized spacial score (nSPS) is 11.0. The molecule has 0 saturated heterocycles. The van der Waals surface area contributed by atoms with E-state index in [2.05, 4.69) is 17.5 Å². The number of hydrogen-bond donors (Lipinski definition) is 2. The number of carbonyl (C=O) groups is 1. The van der Waals surface area contributed by atoms with Crippen molar-refractivity contribution >= 4 is 22.9 Å². The second kappa shape index (κ2) is 8.16. The molecule has 0 bridgehead atoms. The van der Waals surface area contributed by atoms with Crippen molar-refractivity contribution in [2.24, 2.45) is 5.10 Å². The van der Waals surface area contributed by atoms with Crippen LogP contribution in [0, 0.1) is 0 Å². The highest BCUT2D eigenvalue weighted by atomic mass is 16.5. The van der Waals surface area contributed by atoms with Crippen LogP contribution >= 0.6 is 0 Å². The van der Waals surface area contributed by atoms with Gasteiger partial charge in [0.25, 0.3) is 5.91 Å². The van der Waals surface area contributed by atoms with Crippen molar-refractivity contribution in [3.63, 3.8) is 0 Å². The zero-order valence-corrected chi connectivity index (χ0v) is 14.5. The van der Waals surface area contributed by atoms with Gasteiger partial charge in [-0.1, -0.05) is 31.2 Å². The molecule has 5 heteroatoms. The summed E-state index contributed by atoms with van der Waals surface area (Å²) in [5.74, 6) is 0.260. The molecule has 0 atom stereocenters. The standard InChI is InChI=1S/C21H20N2O3/c1-2-11-26-18-9-7-15(8-10-18)14-22-23-21(25)19-12-16-5-3-4-6-17(16)13-20(19)24/h3-10,12-14,24H,2,11H2,1H3,(H,23,25). The highest BCUT2D eigenvalue weighted by molar-refractivity contribution is 6.01. The largest absolute Gasteiger partial charge is 0.507 e. The van der Waals surface area contributed by atoms with E-state index in [1.165, 1.54) is 0 Å². The van der Waals surface area contributed by atoms with Crippen molar-refractivity contribution in [1.29, 1.82) is 0 Å². The zero-order valence-electron chi connectivity index (χ0n) is 14.5. The number of carbonyl (C=O) groups excluding carboxylic acids is 1. The number of aromatic hydroxyl groups is 1. The number of fused-ring (bicyclic) bond motifs is 1. The molecule has 0 spiro atoms. The molecular formula is C21H20N2O3. The Morgan fingerprint density at radius 3 is 2.50 bits per heavy atom. The Morgan fingerprint density at radius 1 is 1.12 bits per heavy atom. The number of ether oxygens (including phenoxy) is 1. The summed E-state index contributed by atoms with van der Waals surface area (Å²) in [4.78, 5) is 12.3. The minimum Gasteiger partial charge on any atom is -0.507 e. The van der Waals surface area contributed by atoms with E-state index in [0.29, 0.717) is 6.61 Å². The summed E-state index contributed by atoms with van der Waals surface area (Å²) in [7, 11) is 0. The van der Waals surface area contributed by atoms with Crippen LogP contribution in [-0.2, 0) is 0 Å². The second-order valence-corrected chi connectivity index (χ2v) is 5.83. The number of phenolic OH excluding ortho intramolecular Hbond substituents is 1. The number of nitrogens with zero attached hydrogens (tertiary/aromatic N) is 1. The molecule has 26 heavy (non-hydrogen) atoms. The van der Waals surface area contributed by atoms with Gasteiger partial charge in [0.1, 0.15) is 11.5 Å². The number of benzene rings is 3. The molecule has 3 rings (SSSR count). The van der Waals surface area contributed by atoms with Crippen molar-refractivity contribution in [2.75, 3.05) is 6.61 Å². The van der Waals surface area contributed by atoms with Gasteiger partial charge in [-0.2, -0.15) is 5.10 Å². The molecule has 0 unspecified atom stereocenters. The van der Waals surface area contributed by atoms with E-state index in [1.54, 1.807) is 18.3 Å². The second-order valence-electron chi connectivity index (χ2n) is 5.83. The average Bonchev–Trinajstić information content (AvgIpc) is 2.66. The Bertz CT molecular complexity index is 934. The first-order valence-electron chi connectivity index (χ1n) is 8.45. The van der Waals surface area contributed by atoms with Gasteiger partial charge in [0.2, 0.25) is 0 Å². The Balaban J connectivity index is 1.66. The van der Waals surface area contributed by atoms with Gasteiger partial charge in [0.05, 0.1) is 18.4 Å². The van der Waals surface area contributed by atoms with Crippen molar-refractivity contribution < 1.29 is 14.6 Å². The van der Waals surface area contributed by atoms with Gasteiger partial charge in [0.15, 0.2) is 0 Å². The van der Waals surface area contributed by atoms with Crippen LogP contribution in [0.25, 0.3) is 10.8 Å². The summed E-state index contributed by atoms with van der Waals surface area (Å²) in [6.07, 6.45) is 2.50. The van der Waals surface area contributed by atoms with Gasteiger partial charge in [0, 0.05) is 0 Å². The van der Waals surface area contributed by atoms with Crippen LogP contribution in [0.15, 0.2) is 65.8 Å². The number of rotatable bonds is 6. The third-order valence-corrected chi connectivity index (χ3v) is 3.84. The molecule has 2 N–H and O–H groups in total. The molecule has 1 amide bonds. The first-order chi connectivity index (χ1) is 12.7. The third-order valence-electron chi connectivity index (χ3n) is 3.84. The smallest absolute Gasteiger partial charge is 0.275 e. The van der Waals surface area contributed by atoms with E-state index in [4.69, 9.17) is 4.74 Å². The summed E-state index contributed by atoms with van der Waals surface area (Å²) in [5.41, 5.74) is 3.46. The first-order valence-corrected chi connectivity index (χ1v) is 8.45. The van der Waals surface area contributed by atoms with Crippen LogP contribution in [0.2, 0.25) is 0 Å². The topological polar surface area (TPSA) is 70.9 Å². The molecule has 0 aliphatic carbocycles. The molecule has 0 aliphatic heterocycles. The highest BCUT2D eigenvalue weighted by Crippen LogP contribution is 2.24. The van der Waals surface area contributed by atoms with Gasteiger partial charge in [-0.3, -0.25) is 4.79 Å². The molecule has 0 saturated carbocycles. The van der Waals surface area contributed by atoms with E-state index >= 15 is 0 Å². The number of hydrogen-bond acceptors (Lipinski definition) is 4. The van der Waals surface area contributed by atoms with E-state index in [9.17, 15) is 9.90 Å². The Labute approximate surface area is 151 Å². The molecule has 3 aromatic rings. The fourth-order valence-corrected chi connectivity index (χ4v) is 2.51. The van der Waals surface area contributed by atoms with E-state index < -0.39 is 5.91 Å². The molecular weight excluding hydrogens is 328 g/mol. The fourth-order valence-electron chi connectivity index (χ4n) is 2.51. The lowest BCUT2D eigenvalue weighted by molar-refractivity contribution is 0.0952. The average molecular weight is 348 g/mol. The van der Waals surface area contributed by atoms with Crippen LogP contribution in [0.4, 0.5) is 0 Å². The van der Waals surface area contributed by atoms with E-state index in [-0.39, 0.29) is 11.3 Å². The maximum Gasteiger partial charge on any atom is 0.275 e. The summed E-state index contributed by atoms with van der Waals surface area (Å²) >= 11 is 0. The number of phenols is 1. The summed E-state index contributed by atoms with van der Waals surface area (Å²) in [6.45, 7) is 2.73. The summed E-state index contributed by atoms with van der Waals surface area (Å²) < 4.78 is 5.52. The highest BCUT2D eigenvalue weighted by Gasteiger charge is 2.11. The zero-order chi connectivity index (χ0) is 18.4. The maximum atomic E-state index is 12.3. The molecule has 132 valence electrons. The fraction of sp³-hybridized carbons (Fsp3) is 0.143. The van der Waals surface area contributed by atoms with Crippen molar-refractivity contribution in [2.45, 2.75) is 13.3 Å². The van der Waals surface area contributed by atoms with Crippen LogP contribution in [0.1, 0.15) is 29.3 Å². The predicted molar refractivity (Wildman–Crippen MR) is 103 cm³/mol. The molecule has 0 aliphatic rings. The first kappa shape index (κ1) is 17.5. The third kappa shape index (κ3) is 4.19. The predicted octanol–water partition coefficient (Wildman–Crippen LogP) is 4.10. The van der Waals surface area contributed by atoms with Crippen LogP contribution in [0.5, 0.6) is 11.5 Å². The molecule has 3 aromatic carbocycles. The Kier molecular flexibility index (Phi) is 5.49. The van der Waals surface area contributed by atoms with Crippen molar-refractivity contribution in [3.05, 3.63) is 71.8 Å². The van der Waals surface area contributed by atoms with Crippen molar-refractivity contribution in [1.82, 2.24) is 5.43 Å². The van der Waals surface area contributed by atoms with Gasteiger partial charge < -0.3 is 9.84 Å². The monoisotopic (exact) mass is 348 g/mol. The lowest BCUT2D eigenvalue weighted by Crippen LogP contribution is -2.17. The number of amides is 1. The van der Waals surface area contributed by atoms with E-state index in [1.807, 2.05) is 48.5 Å². The van der Waals surface area contributed by atoms with Crippen molar-refractivity contribution in [3.8, 4) is 11.5 Å². The van der Waals surface area contributed by atoms with Gasteiger partial charge in [-0.05, 0) is 59.2 Å². The quantitative estimate of drug-likeness (QED) is 0.520. The van der Waals surface area contributed by atoms with Crippen LogP contribution in [0.3, 0.4) is 0 Å². The molecule has 0 aromatic heterocycles. The Morgan fingerprint density at radius 2 is 1.81 bits per heavy atom. The SMILES string of the molecule is CCCOc1ccc(C=NNC(=O)c2cc3ccccc3cc2O)cc1. The van der Waals surface area contributed by atoms with Gasteiger partial charge in [-0.15, -0.1) is 0 Å². The van der Waals surface area contributed by atoms with Crippen LogP contribution in [-0.4, -0.2) is 23.8 Å². The summed E-state index contributed by atoms with van der Waals surface area (Å²) in [6, 6.07) is 18.2. The Hall–Kier alpha value is -3.34. The minimum absolute atomic E-state index is 0.0752. The van der Waals surface area contributed by atoms with Gasteiger partial charge >= 0.3 is 0 Å². The number of hydrazone groups is 1.